The van der Waals surface area contributed by atoms with E-state index in [1.165, 1.54) is 0 Å². The Morgan fingerprint density at radius 1 is 1.26 bits per heavy atom. The van der Waals surface area contributed by atoms with E-state index in [2.05, 4.69) is 41.2 Å². The summed E-state index contributed by atoms with van der Waals surface area (Å²) in [7, 11) is 1.83. The van der Waals surface area contributed by atoms with Gasteiger partial charge in [0.2, 0.25) is 0 Å². The molecule has 19 heavy (non-hydrogen) atoms. The largest absolute Gasteiger partial charge is 0.381 e. The van der Waals surface area contributed by atoms with Gasteiger partial charge in [-0.05, 0) is 25.0 Å². The highest BCUT2D eigenvalue weighted by molar-refractivity contribution is 14.0. The number of nitrogens with one attached hydrogen (secondary N) is 2. The predicted octanol–water partition coefficient (Wildman–Crippen LogP) is 2.48. The van der Waals surface area contributed by atoms with Crippen molar-refractivity contribution >= 4 is 41.7 Å². The lowest BCUT2D eigenvalue weighted by atomic mass is 9.99. The normalized spacial score (nSPS) is 18.6. The van der Waals surface area contributed by atoms with Crippen LogP contribution in [0.5, 0.6) is 0 Å². The van der Waals surface area contributed by atoms with E-state index in [0.717, 1.165) is 57.3 Å². The van der Waals surface area contributed by atoms with Crippen LogP contribution in [0.4, 0.5) is 0 Å². The smallest absolute Gasteiger partial charge is 0.191 e. The zero-order chi connectivity index (χ0) is 13.3. The molecule has 1 saturated heterocycles. The Morgan fingerprint density at radius 3 is 2.47 bits per heavy atom. The third-order valence-electron chi connectivity index (χ3n) is 3.20. The second-order valence-corrected chi connectivity index (χ2v) is 6.31. The third kappa shape index (κ3) is 7.04. The number of aliphatic imine (C=N–C) groups is 1. The summed E-state index contributed by atoms with van der Waals surface area (Å²) in [6.45, 7) is 8.10. The van der Waals surface area contributed by atoms with Crippen LogP contribution in [-0.2, 0) is 4.74 Å². The summed E-state index contributed by atoms with van der Waals surface area (Å²) in [5, 5.41) is 6.78. The number of hydrogen-bond donors (Lipinski definition) is 2. The average molecular weight is 401 g/mol. The van der Waals surface area contributed by atoms with Crippen LogP contribution in [0.2, 0.25) is 0 Å². The number of rotatable bonds is 6. The summed E-state index contributed by atoms with van der Waals surface area (Å²) in [5.74, 6) is 2.07. The lowest BCUT2D eigenvalue weighted by Crippen LogP contribution is -2.48. The Balaban J connectivity index is 0.00000324. The Kier molecular flexibility index (Phi) is 11.2. The molecule has 1 heterocycles. The predicted molar refractivity (Wildman–Crippen MR) is 96.0 cm³/mol. The molecule has 1 rings (SSSR count). The molecule has 0 bridgehead atoms. The third-order valence-corrected chi connectivity index (χ3v) is 4.65. The molecular formula is C13H28IN3OS. The van der Waals surface area contributed by atoms with Crippen LogP contribution in [0.15, 0.2) is 4.99 Å². The first kappa shape index (κ1) is 19.3. The van der Waals surface area contributed by atoms with Crippen molar-refractivity contribution in [1.29, 1.82) is 0 Å². The first-order valence-electron chi connectivity index (χ1n) is 6.92. The molecule has 0 saturated carbocycles. The van der Waals surface area contributed by atoms with Crippen molar-refractivity contribution in [1.82, 2.24) is 10.6 Å². The van der Waals surface area contributed by atoms with Gasteiger partial charge in [0.25, 0.3) is 0 Å². The highest BCUT2D eigenvalue weighted by Crippen LogP contribution is 2.34. The molecule has 0 unspecified atom stereocenters. The molecule has 0 aliphatic carbocycles. The zero-order valence-corrected chi connectivity index (χ0v) is 15.5. The van der Waals surface area contributed by atoms with Gasteiger partial charge >= 0.3 is 0 Å². The highest BCUT2D eigenvalue weighted by Gasteiger charge is 2.32. The van der Waals surface area contributed by atoms with Gasteiger partial charge in [0, 0.05) is 38.1 Å². The Morgan fingerprint density at radius 2 is 1.95 bits per heavy atom. The van der Waals surface area contributed by atoms with Gasteiger partial charge in [-0.25, -0.2) is 0 Å². The fourth-order valence-corrected chi connectivity index (χ4v) is 3.37. The molecule has 6 heteroatoms. The fraction of sp³-hybridized carbons (Fsp3) is 0.923. The molecule has 0 spiro atoms. The van der Waals surface area contributed by atoms with Gasteiger partial charge in [-0.3, -0.25) is 4.99 Å². The number of halogens is 1. The lowest BCUT2D eigenvalue weighted by Gasteiger charge is -2.37. The Hall–Kier alpha value is 0.310. The van der Waals surface area contributed by atoms with Gasteiger partial charge in [-0.1, -0.05) is 13.8 Å². The van der Waals surface area contributed by atoms with Gasteiger partial charge in [0.1, 0.15) is 0 Å². The van der Waals surface area contributed by atoms with Crippen LogP contribution in [-0.4, -0.2) is 49.8 Å². The molecule has 0 radical (unpaired) electrons. The minimum atomic E-state index is 0. The minimum Gasteiger partial charge on any atom is -0.381 e. The quantitative estimate of drug-likeness (QED) is 0.408. The summed E-state index contributed by atoms with van der Waals surface area (Å²) < 4.78 is 5.80. The van der Waals surface area contributed by atoms with E-state index in [9.17, 15) is 0 Å². The second kappa shape index (κ2) is 11.0. The number of guanidine groups is 1. The number of hydrogen-bond acceptors (Lipinski definition) is 3. The van der Waals surface area contributed by atoms with E-state index in [1.54, 1.807) is 0 Å². The van der Waals surface area contributed by atoms with Gasteiger partial charge in [0.05, 0.1) is 0 Å². The van der Waals surface area contributed by atoms with E-state index in [0.29, 0.717) is 4.75 Å². The van der Waals surface area contributed by atoms with E-state index in [1.807, 2.05) is 7.05 Å². The lowest BCUT2D eigenvalue weighted by molar-refractivity contribution is 0.0782. The van der Waals surface area contributed by atoms with Crippen LogP contribution in [0.25, 0.3) is 0 Å². The summed E-state index contributed by atoms with van der Waals surface area (Å²) in [5.41, 5.74) is 0. The van der Waals surface area contributed by atoms with Crippen LogP contribution in [0, 0.1) is 0 Å². The number of ether oxygens (including phenoxy) is 1. The zero-order valence-electron chi connectivity index (χ0n) is 12.3. The van der Waals surface area contributed by atoms with Crippen molar-refractivity contribution in [3.63, 3.8) is 0 Å². The van der Waals surface area contributed by atoms with Gasteiger partial charge < -0.3 is 15.4 Å². The average Bonchev–Trinajstić information content (AvgIpc) is 2.40. The highest BCUT2D eigenvalue weighted by atomic mass is 127. The molecule has 4 nitrogen and oxygen atoms in total. The van der Waals surface area contributed by atoms with Gasteiger partial charge in [-0.15, -0.1) is 24.0 Å². The molecule has 1 fully saturated rings. The van der Waals surface area contributed by atoms with Crippen molar-refractivity contribution in [2.24, 2.45) is 4.99 Å². The van der Waals surface area contributed by atoms with Crippen molar-refractivity contribution in [3.05, 3.63) is 0 Å². The van der Waals surface area contributed by atoms with Crippen molar-refractivity contribution in [2.75, 3.05) is 39.1 Å². The maximum absolute atomic E-state index is 5.48. The molecule has 114 valence electrons. The summed E-state index contributed by atoms with van der Waals surface area (Å²) in [6.07, 6.45) is 3.37. The number of thioether (sulfide) groups is 1. The maximum Gasteiger partial charge on any atom is 0.191 e. The van der Waals surface area contributed by atoms with Crippen LogP contribution in [0.1, 0.15) is 33.1 Å². The molecule has 0 aromatic carbocycles. The molecule has 2 N–H and O–H groups in total. The van der Waals surface area contributed by atoms with E-state index < -0.39 is 0 Å². The summed E-state index contributed by atoms with van der Waals surface area (Å²) >= 11 is 2.05. The summed E-state index contributed by atoms with van der Waals surface area (Å²) in [4.78, 5) is 4.26. The molecule has 1 aliphatic heterocycles. The SMILES string of the molecule is CCCNC(=NC)NCC1(SCC)CCOCC1.I. The minimum absolute atomic E-state index is 0. The molecule has 0 amide bonds. The summed E-state index contributed by atoms with van der Waals surface area (Å²) in [6, 6.07) is 0. The van der Waals surface area contributed by atoms with Crippen LogP contribution >= 0.6 is 35.7 Å². The van der Waals surface area contributed by atoms with E-state index in [4.69, 9.17) is 4.74 Å². The van der Waals surface area contributed by atoms with E-state index >= 15 is 0 Å². The molecule has 0 atom stereocenters. The molecular weight excluding hydrogens is 373 g/mol. The monoisotopic (exact) mass is 401 g/mol. The topological polar surface area (TPSA) is 45.7 Å². The Labute approximate surface area is 138 Å². The van der Waals surface area contributed by atoms with Gasteiger partial charge in [0.15, 0.2) is 5.96 Å². The molecule has 1 aliphatic rings. The van der Waals surface area contributed by atoms with Crippen molar-refractivity contribution < 1.29 is 4.74 Å². The fourth-order valence-electron chi connectivity index (χ4n) is 2.13. The molecule has 0 aromatic rings. The van der Waals surface area contributed by atoms with Crippen LogP contribution < -0.4 is 10.6 Å². The Bertz CT molecular complexity index is 253. The van der Waals surface area contributed by atoms with Crippen molar-refractivity contribution in [3.8, 4) is 0 Å². The standard InChI is InChI=1S/C13H27N3OS.HI/c1-4-8-15-12(14-3)16-11-13(18-5-2)6-9-17-10-7-13;/h4-11H2,1-3H3,(H2,14,15,16);1H. The van der Waals surface area contributed by atoms with Crippen molar-refractivity contribution in [2.45, 2.75) is 37.9 Å². The maximum atomic E-state index is 5.48. The van der Waals surface area contributed by atoms with E-state index in [-0.39, 0.29) is 24.0 Å². The molecule has 0 aromatic heterocycles. The van der Waals surface area contributed by atoms with Crippen LogP contribution in [0.3, 0.4) is 0 Å². The second-order valence-electron chi connectivity index (χ2n) is 4.58. The first-order chi connectivity index (χ1) is 8.76. The number of nitrogens with zero attached hydrogens (tertiary/aromatic N) is 1. The first-order valence-corrected chi connectivity index (χ1v) is 7.91. The van der Waals surface area contributed by atoms with Gasteiger partial charge in [-0.2, -0.15) is 11.8 Å².